The van der Waals surface area contributed by atoms with Gasteiger partial charge in [0.05, 0.1) is 35.6 Å². The number of rotatable bonds is 6. The summed E-state index contributed by atoms with van der Waals surface area (Å²) in [5.74, 6) is -1.47. The van der Waals surface area contributed by atoms with Crippen molar-refractivity contribution in [2.24, 2.45) is 0 Å². The van der Waals surface area contributed by atoms with Crippen molar-refractivity contribution in [3.05, 3.63) is 63.9 Å². The smallest absolute Gasteiger partial charge is 0.253 e. The Hall–Kier alpha value is -2.99. The lowest BCUT2D eigenvalue weighted by Crippen LogP contribution is -2.75. The Morgan fingerprint density at radius 2 is 1.91 bits per heavy atom. The maximum absolute atomic E-state index is 14.3. The third-order valence-corrected chi connectivity index (χ3v) is 7.02. The quantitative estimate of drug-likeness (QED) is 0.655. The van der Waals surface area contributed by atoms with Gasteiger partial charge in [0.2, 0.25) is 5.91 Å². The summed E-state index contributed by atoms with van der Waals surface area (Å²) in [5, 5.41) is 14.8. The Balaban J connectivity index is 1.75. The van der Waals surface area contributed by atoms with Gasteiger partial charge >= 0.3 is 0 Å². The van der Waals surface area contributed by atoms with Crippen LogP contribution in [-0.2, 0) is 14.9 Å². The first-order chi connectivity index (χ1) is 16.2. The third-order valence-electron chi connectivity index (χ3n) is 6.73. The minimum absolute atomic E-state index is 0.0353. The fourth-order valence-corrected chi connectivity index (χ4v) is 4.77. The second-order valence-corrected chi connectivity index (χ2v) is 9.57. The van der Waals surface area contributed by atoms with Gasteiger partial charge in [0, 0.05) is 20.1 Å². The van der Waals surface area contributed by atoms with Crippen molar-refractivity contribution in [2.45, 2.75) is 30.7 Å². The molecular formula is C25H26ClFN4O3. The molecule has 2 N–H and O–H groups in total. The topological polar surface area (TPSA) is 94.5 Å². The SMILES string of the molecule is CNC(=O)c1cc(Cl)c(F)cc1NC(=O)C1(c2ccccc2C(C)C)CN(C2(C#N)COC2)C1. The molecule has 0 aliphatic carbocycles. The molecule has 2 aliphatic heterocycles. The number of carbonyl (C=O) groups is 2. The van der Waals surface area contributed by atoms with Gasteiger partial charge in [0.25, 0.3) is 5.91 Å². The van der Waals surface area contributed by atoms with Crippen LogP contribution in [0.15, 0.2) is 36.4 Å². The molecule has 2 aromatic carbocycles. The largest absolute Gasteiger partial charge is 0.375 e. The number of benzene rings is 2. The first-order valence-electron chi connectivity index (χ1n) is 11.0. The molecule has 2 fully saturated rings. The molecule has 9 heteroatoms. The van der Waals surface area contributed by atoms with Crippen molar-refractivity contribution in [1.82, 2.24) is 10.2 Å². The molecule has 2 aliphatic rings. The summed E-state index contributed by atoms with van der Waals surface area (Å²) in [6.45, 7) is 5.27. The zero-order valence-corrected chi connectivity index (χ0v) is 20.0. The normalized spacial score (nSPS) is 18.4. The van der Waals surface area contributed by atoms with Gasteiger partial charge in [-0.15, -0.1) is 0 Å². The molecule has 0 spiro atoms. The van der Waals surface area contributed by atoms with E-state index in [1.54, 1.807) is 0 Å². The van der Waals surface area contributed by atoms with Gasteiger partial charge in [-0.05, 0) is 29.2 Å². The number of nitrogens with one attached hydrogen (secondary N) is 2. The number of amides is 2. The van der Waals surface area contributed by atoms with E-state index in [0.29, 0.717) is 13.1 Å². The molecule has 4 rings (SSSR count). The average Bonchev–Trinajstić information content (AvgIpc) is 2.76. The van der Waals surface area contributed by atoms with E-state index < -0.39 is 22.7 Å². The molecule has 0 unspecified atom stereocenters. The number of ether oxygens (including phenoxy) is 1. The zero-order chi connectivity index (χ0) is 24.7. The molecule has 0 saturated carbocycles. The molecule has 0 bridgehead atoms. The van der Waals surface area contributed by atoms with Crippen molar-refractivity contribution in [2.75, 3.05) is 38.7 Å². The van der Waals surface area contributed by atoms with Crippen LogP contribution in [-0.4, -0.2) is 55.6 Å². The van der Waals surface area contributed by atoms with Gasteiger partial charge in [0.15, 0.2) is 5.54 Å². The second kappa shape index (κ2) is 8.99. The summed E-state index contributed by atoms with van der Waals surface area (Å²) < 4.78 is 19.6. The zero-order valence-electron chi connectivity index (χ0n) is 19.2. The van der Waals surface area contributed by atoms with Crippen LogP contribution >= 0.6 is 11.6 Å². The molecule has 7 nitrogen and oxygen atoms in total. The Bertz CT molecular complexity index is 1180. The lowest BCUT2D eigenvalue weighted by Gasteiger charge is -2.57. The second-order valence-electron chi connectivity index (χ2n) is 9.16. The monoisotopic (exact) mass is 484 g/mol. The van der Waals surface area contributed by atoms with E-state index in [1.807, 2.05) is 29.2 Å². The number of nitriles is 1. The third kappa shape index (κ3) is 3.84. The van der Waals surface area contributed by atoms with E-state index in [1.165, 1.54) is 13.1 Å². The van der Waals surface area contributed by atoms with Gasteiger partial charge in [-0.2, -0.15) is 5.26 Å². The highest BCUT2D eigenvalue weighted by molar-refractivity contribution is 6.31. The Morgan fingerprint density at radius 3 is 2.47 bits per heavy atom. The van der Waals surface area contributed by atoms with Crippen molar-refractivity contribution in [1.29, 1.82) is 5.26 Å². The molecular weight excluding hydrogens is 459 g/mol. The lowest BCUT2D eigenvalue weighted by atomic mass is 9.67. The molecule has 2 heterocycles. The summed E-state index contributed by atoms with van der Waals surface area (Å²) in [6.07, 6.45) is 0. The van der Waals surface area contributed by atoms with Crippen LogP contribution in [0.25, 0.3) is 0 Å². The highest BCUT2D eigenvalue weighted by Crippen LogP contribution is 2.44. The van der Waals surface area contributed by atoms with Gasteiger partial charge in [-0.1, -0.05) is 49.7 Å². The number of hydrogen-bond donors (Lipinski definition) is 2. The Kier molecular flexibility index (Phi) is 6.38. The van der Waals surface area contributed by atoms with E-state index in [4.69, 9.17) is 16.3 Å². The minimum atomic E-state index is -0.990. The predicted molar refractivity (Wildman–Crippen MR) is 126 cm³/mol. The maximum Gasteiger partial charge on any atom is 0.253 e. The first-order valence-corrected chi connectivity index (χ1v) is 11.4. The van der Waals surface area contributed by atoms with Crippen LogP contribution in [0.3, 0.4) is 0 Å². The molecule has 2 saturated heterocycles. The number of halogens is 2. The molecule has 0 aromatic heterocycles. The van der Waals surface area contributed by atoms with Crippen LogP contribution in [0.4, 0.5) is 10.1 Å². The highest BCUT2D eigenvalue weighted by atomic mass is 35.5. The summed E-state index contributed by atoms with van der Waals surface area (Å²) in [4.78, 5) is 28.2. The summed E-state index contributed by atoms with van der Waals surface area (Å²) >= 11 is 5.89. The van der Waals surface area contributed by atoms with Gasteiger partial charge < -0.3 is 15.4 Å². The minimum Gasteiger partial charge on any atom is -0.375 e. The van der Waals surface area contributed by atoms with Crippen molar-refractivity contribution >= 4 is 29.1 Å². The van der Waals surface area contributed by atoms with Crippen molar-refractivity contribution in [3.8, 4) is 6.07 Å². The highest BCUT2D eigenvalue weighted by Gasteiger charge is 2.60. The van der Waals surface area contributed by atoms with Gasteiger partial charge in [-0.25, -0.2) is 4.39 Å². The summed E-state index contributed by atoms with van der Waals surface area (Å²) in [6, 6.07) is 12.3. The predicted octanol–water partition coefficient (Wildman–Crippen LogP) is 3.45. The van der Waals surface area contributed by atoms with Crippen LogP contribution < -0.4 is 10.6 Å². The number of anilines is 1. The average molecular weight is 485 g/mol. The fraction of sp³-hybridized carbons (Fsp3) is 0.400. The van der Waals surface area contributed by atoms with E-state index in [0.717, 1.165) is 17.2 Å². The van der Waals surface area contributed by atoms with E-state index >= 15 is 0 Å². The van der Waals surface area contributed by atoms with Crippen LogP contribution in [0.5, 0.6) is 0 Å². The van der Waals surface area contributed by atoms with Crippen LogP contribution in [0.2, 0.25) is 5.02 Å². The molecule has 2 amide bonds. The molecule has 178 valence electrons. The molecule has 0 radical (unpaired) electrons. The van der Waals surface area contributed by atoms with Gasteiger partial charge in [-0.3, -0.25) is 14.5 Å². The lowest BCUT2D eigenvalue weighted by molar-refractivity contribution is -0.160. The standard InChI is InChI=1S/C25H26ClFN4O3/c1-15(2)16-6-4-5-7-18(16)25(11-31(12-25)24(10-28)13-34-14-24)23(33)30-21-9-20(27)19(26)8-17(21)22(32)29-3/h4-9,15H,11-14H2,1-3H3,(H,29,32)(H,30,33). The van der Waals surface area contributed by atoms with E-state index in [2.05, 4.69) is 30.6 Å². The number of carbonyl (C=O) groups excluding carboxylic acids is 2. The van der Waals surface area contributed by atoms with Gasteiger partial charge in [0.1, 0.15) is 11.2 Å². The number of nitrogens with zero attached hydrogens (tertiary/aromatic N) is 2. The van der Waals surface area contributed by atoms with Crippen molar-refractivity contribution < 1.29 is 18.7 Å². The molecule has 34 heavy (non-hydrogen) atoms. The van der Waals surface area contributed by atoms with Crippen LogP contribution in [0.1, 0.15) is 41.3 Å². The van der Waals surface area contributed by atoms with E-state index in [9.17, 15) is 19.2 Å². The first kappa shape index (κ1) is 24.1. The summed E-state index contributed by atoms with van der Waals surface area (Å²) in [7, 11) is 1.44. The molecule has 0 atom stereocenters. The number of likely N-dealkylation sites (tertiary alicyclic amines) is 1. The van der Waals surface area contributed by atoms with Crippen molar-refractivity contribution in [3.63, 3.8) is 0 Å². The fourth-order valence-electron chi connectivity index (χ4n) is 4.61. The van der Waals surface area contributed by atoms with Crippen LogP contribution in [0, 0.1) is 17.1 Å². The summed E-state index contributed by atoms with van der Waals surface area (Å²) in [5.41, 5.74) is 0.219. The number of hydrogen-bond acceptors (Lipinski definition) is 5. The molecule has 2 aromatic rings. The van der Waals surface area contributed by atoms with E-state index in [-0.39, 0.29) is 41.3 Å². The Labute approximate surface area is 202 Å². The Morgan fingerprint density at radius 1 is 1.24 bits per heavy atom. The maximum atomic E-state index is 14.3.